The summed E-state index contributed by atoms with van der Waals surface area (Å²) in [6, 6.07) is 7.56. The Kier molecular flexibility index (Phi) is 4.80. The number of imidazole rings is 1. The minimum atomic E-state index is -0.159. The maximum atomic E-state index is 12.0. The van der Waals surface area contributed by atoms with Crippen molar-refractivity contribution in [1.29, 1.82) is 0 Å². The lowest BCUT2D eigenvalue weighted by Crippen LogP contribution is -2.40. The maximum Gasteiger partial charge on any atom is 0.221 e. The van der Waals surface area contributed by atoms with Gasteiger partial charge in [0.15, 0.2) is 11.5 Å². The van der Waals surface area contributed by atoms with Gasteiger partial charge in [0.25, 0.3) is 0 Å². The van der Waals surface area contributed by atoms with E-state index in [1.807, 2.05) is 35.0 Å². The van der Waals surface area contributed by atoms with E-state index in [1.54, 1.807) is 6.20 Å². The Balaban J connectivity index is 1.43. The SMILES string of the molecule is CCc1nccn1CCC(=O)NC[C@@H]1COc2ccccc2O1. The zero-order chi connectivity index (χ0) is 16.1. The fraction of sp³-hybridized carbons (Fsp3) is 0.412. The molecule has 2 aromatic rings. The van der Waals surface area contributed by atoms with Crippen LogP contribution in [0.15, 0.2) is 36.7 Å². The predicted octanol–water partition coefficient (Wildman–Crippen LogP) is 1.79. The molecule has 1 aliphatic rings. The number of carbonyl (C=O) groups excluding carboxylic acids is 1. The maximum absolute atomic E-state index is 12.0. The highest BCUT2D eigenvalue weighted by molar-refractivity contribution is 5.75. The smallest absolute Gasteiger partial charge is 0.221 e. The average molecular weight is 315 g/mol. The minimum Gasteiger partial charge on any atom is -0.486 e. The van der Waals surface area contributed by atoms with Gasteiger partial charge in [-0.3, -0.25) is 4.79 Å². The number of nitrogens with zero attached hydrogens (tertiary/aromatic N) is 2. The highest BCUT2D eigenvalue weighted by Gasteiger charge is 2.20. The molecule has 1 aromatic heterocycles. The Morgan fingerprint density at radius 2 is 2.22 bits per heavy atom. The van der Waals surface area contributed by atoms with Crippen LogP contribution in [0.3, 0.4) is 0 Å². The molecule has 1 N–H and O–H groups in total. The summed E-state index contributed by atoms with van der Waals surface area (Å²) < 4.78 is 13.5. The van der Waals surface area contributed by atoms with Crippen LogP contribution < -0.4 is 14.8 Å². The average Bonchev–Trinajstić information content (AvgIpc) is 3.05. The number of para-hydroxylation sites is 2. The largest absolute Gasteiger partial charge is 0.486 e. The van der Waals surface area contributed by atoms with Gasteiger partial charge in [0.2, 0.25) is 5.91 Å². The minimum absolute atomic E-state index is 0.00297. The first kappa shape index (κ1) is 15.4. The van der Waals surface area contributed by atoms with Gasteiger partial charge in [-0.15, -0.1) is 0 Å². The molecule has 6 heteroatoms. The van der Waals surface area contributed by atoms with Gasteiger partial charge in [0.1, 0.15) is 18.5 Å². The van der Waals surface area contributed by atoms with E-state index in [0.717, 1.165) is 23.7 Å². The van der Waals surface area contributed by atoms with Gasteiger partial charge in [0, 0.05) is 31.8 Å². The van der Waals surface area contributed by atoms with E-state index in [-0.39, 0.29) is 12.0 Å². The van der Waals surface area contributed by atoms with Gasteiger partial charge in [-0.2, -0.15) is 0 Å². The number of nitrogens with one attached hydrogen (secondary N) is 1. The fourth-order valence-electron chi connectivity index (χ4n) is 2.56. The summed E-state index contributed by atoms with van der Waals surface area (Å²) in [7, 11) is 0. The second-order valence-electron chi connectivity index (χ2n) is 5.44. The van der Waals surface area contributed by atoms with E-state index in [1.165, 1.54) is 0 Å². The summed E-state index contributed by atoms with van der Waals surface area (Å²) in [4.78, 5) is 16.2. The number of rotatable bonds is 6. The zero-order valence-corrected chi connectivity index (χ0v) is 13.2. The molecule has 1 atom stereocenters. The Labute approximate surface area is 135 Å². The van der Waals surface area contributed by atoms with Gasteiger partial charge >= 0.3 is 0 Å². The lowest BCUT2D eigenvalue weighted by Gasteiger charge is -2.26. The van der Waals surface area contributed by atoms with Gasteiger partial charge in [-0.05, 0) is 12.1 Å². The first-order chi connectivity index (χ1) is 11.3. The lowest BCUT2D eigenvalue weighted by atomic mass is 10.2. The Morgan fingerprint density at radius 1 is 1.39 bits per heavy atom. The van der Waals surface area contributed by atoms with Gasteiger partial charge < -0.3 is 19.4 Å². The molecule has 0 unspecified atom stereocenters. The number of hydrogen-bond donors (Lipinski definition) is 1. The molecule has 0 radical (unpaired) electrons. The van der Waals surface area contributed by atoms with Crippen LogP contribution in [0.25, 0.3) is 0 Å². The highest BCUT2D eigenvalue weighted by atomic mass is 16.6. The molecule has 0 spiro atoms. The van der Waals surface area contributed by atoms with E-state index in [9.17, 15) is 4.79 Å². The number of benzene rings is 1. The molecule has 0 saturated carbocycles. The van der Waals surface area contributed by atoms with E-state index in [4.69, 9.17) is 9.47 Å². The van der Waals surface area contributed by atoms with E-state index < -0.39 is 0 Å². The van der Waals surface area contributed by atoms with Crippen molar-refractivity contribution < 1.29 is 14.3 Å². The van der Waals surface area contributed by atoms with Gasteiger partial charge in [-0.1, -0.05) is 19.1 Å². The molecule has 122 valence electrons. The third-order valence-electron chi connectivity index (χ3n) is 3.79. The molecule has 0 fully saturated rings. The molecular formula is C17H21N3O3. The molecule has 2 heterocycles. The number of hydrogen-bond acceptors (Lipinski definition) is 4. The topological polar surface area (TPSA) is 65.4 Å². The number of aryl methyl sites for hydroxylation is 2. The monoisotopic (exact) mass is 315 g/mol. The standard InChI is InChI=1S/C17H21N3O3/c1-2-16-18-8-10-20(16)9-7-17(21)19-11-13-12-22-14-5-3-4-6-15(14)23-13/h3-6,8,10,13H,2,7,9,11-12H2,1H3,(H,19,21)/t13-/m1/s1. The van der Waals surface area contributed by atoms with E-state index >= 15 is 0 Å². The molecule has 23 heavy (non-hydrogen) atoms. The van der Waals surface area contributed by atoms with Crippen LogP contribution in [0, 0.1) is 0 Å². The first-order valence-corrected chi connectivity index (χ1v) is 7.91. The third kappa shape index (κ3) is 3.83. The van der Waals surface area contributed by atoms with Crippen LogP contribution in [0.1, 0.15) is 19.2 Å². The van der Waals surface area contributed by atoms with Crippen LogP contribution in [0.5, 0.6) is 11.5 Å². The third-order valence-corrected chi connectivity index (χ3v) is 3.79. The second-order valence-corrected chi connectivity index (χ2v) is 5.44. The van der Waals surface area contributed by atoms with Crippen molar-refractivity contribution in [2.24, 2.45) is 0 Å². The molecule has 0 saturated heterocycles. The van der Waals surface area contributed by atoms with Gasteiger partial charge in [-0.25, -0.2) is 4.98 Å². The first-order valence-electron chi connectivity index (χ1n) is 7.91. The van der Waals surface area contributed by atoms with Crippen molar-refractivity contribution in [3.05, 3.63) is 42.5 Å². The summed E-state index contributed by atoms with van der Waals surface area (Å²) in [5.41, 5.74) is 0. The normalized spacial score (nSPS) is 16.1. The van der Waals surface area contributed by atoms with Gasteiger partial charge in [0.05, 0.1) is 6.54 Å². The lowest BCUT2D eigenvalue weighted by molar-refractivity contribution is -0.121. The summed E-state index contributed by atoms with van der Waals surface area (Å²) >= 11 is 0. The predicted molar refractivity (Wildman–Crippen MR) is 85.6 cm³/mol. The Morgan fingerprint density at radius 3 is 3.04 bits per heavy atom. The van der Waals surface area contributed by atoms with Crippen LogP contribution in [0.4, 0.5) is 0 Å². The molecule has 3 rings (SSSR count). The summed E-state index contributed by atoms with van der Waals surface area (Å²) in [6.45, 7) is 3.58. The Hall–Kier alpha value is -2.50. The summed E-state index contributed by atoms with van der Waals surface area (Å²) in [5, 5.41) is 2.91. The summed E-state index contributed by atoms with van der Waals surface area (Å²) in [5.74, 6) is 2.48. The fourth-order valence-corrected chi connectivity index (χ4v) is 2.56. The van der Waals surface area contributed by atoms with Crippen molar-refractivity contribution >= 4 is 5.91 Å². The molecule has 1 amide bonds. The molecular weight excluding hydrogens is 294 g/mol. The summed E-state index contributed by atoms with van der Waals surface area (Å²) in [6.07, 6.45) is 4.80. The van der Waals surface area contributed by atoms with E-state index in [2.05, 4.69) is 17.2 Å². The van der Waals surface area contributed by atoms with Crippen molar-refractivity contribution in [1.82, 2.24) is 14.9 Å². The number of fused-ring (bicyclic) bond motifs is 1. The van der Waals surface area contributed by atoms with Crippen molar-refractivity contribution in [2.75, 3.05) is 13.2 Å². The molecule has 6 nitrogen and oxygen atoms in total. The highest BCUT2D eigenvalue weighted by Crippen LogP contribution is 2.30. The van der Waals surface area contributed by atoms with Crippen LogP contribution in [0.2, 0.25) is 0 Å². The van der Waals surface area contributed by atoms with Crippen LogP contribution in [-0.4, -0.2) is 34.7 Å². The quantitative estimate of drug-likeness (QED) is 0.882. The molecule has 0 bridgehead atoms. The number of carbonyl (C=O) groups is 1. The Bertz CT molecular complexity index is 669. The zero-order valence-electron chi connectivity index (χ0n) is 13.2. The molecule has 1 aliphatic heterocycles. The van der Waals surface area contributed by atoms with Crippen molar-refractivity contribution in [3.63, 3.8) is 0 Å². The number of ether oxygens (including phenoxy) is 2. The van der Waals surface area contributed by atoms with E-state index in [0.29, 0.717) is 26.1 Å². The number of aromatic nitrogens is 2. The van der Waals surface area contributed by atoms with Crippen LogP contribution in [-0.2, 0) is 17.8 Å². The van der Waals surface area contributed by atoms with Crippen molar-refractivity contribution in [3.8, 4) is 11.5 Å². The molecule has 0 aliphatic carbocycles. The van der Waals surface area contributed by atoms with Crippen molar-refractivity contribution in [2.45, 2.75) is 32.4 Å². The number of amides is 1. The molecule has 1 aromatic carbocycles. The second kappa shape index (κ2) is 7.17. The van der Waals surface area contributed by atoms with Crippen LogP contribution >= 0.6 is 0 Å².